The number of hydrogen-bond acceptors (Lipinski definition) is 7. The maximum absolute atomic E-state index is 11.4. The van der Waals surface area contributed by atoms with Crippen molar-refractivity contribution in [2.45, 2.75) is 44.8 Å². The summed E-state index contributed by atoms with van der Waals surface area (Å²) in [6, 6.07) is 63.0. The van der Waals surface area contributed by atoms with Gasteiger partial charge in [-0.2, -0.15) is 0 Å². The lowest BCUT2D eigenvalue weighted by molar-refractivity contribution is 0.0647. The Labute approximate surface area is 348 Å². The molecule has 7 aromatic rings. The van der Waals surface area contributed by atoms with E-state index in [1.807, 2.05) is 84.9 Å². The van der Waals surface area contributed by atoms with Crippen LogP contribution in [0.15, 0.2) is 188 Å². The zero-order valence-corrected chi connectivity index (χ0v) is 33.3. The van der Waals surface area contributed by atoms with Crippen LogP contribution in [0.2, 0.25) is 0 Å². The third kappa shape index (κ3) is 12.7. The first-order valence-electron chi connectivity index (χ1n) is 20.2. The highest BCUT2D eigenvalue weighted by molar-refractivity contribution is 5.56. The van der Waals surface area contributed by atoms with E-state index in [2.05, 4.69) is 102 Å². The molecule has 0 unspecified atom stereocenters. The van der Waals surface area contributed by atoms with E-state index >= 15 is 0 Å². The number of aliphatic hydroxyl groups excluding tert-OH is 1. The normalized spacial score (nSPS) is 11.6. The second-order valence-electron chi connectivity index (χ2n) is 14.7. The molecule has 0 aromatic heterocycles. The second kappa shape index (κ2) is 21.3. The van der Waals surface area contributed by atoms with Gasteiger partial charge in [-0.05, 0) is 82.7 Å². The Morgan fingerprint density at radius 2 is 0.915 bits per heavy atom. The zero-order chi connectivity index (χ0) is 40.5. The van der Waals surface area contributed by atoms with Crippen LogP contribution in [0.1, 0.15) is 45.7 Å². The lowest BCUT2D eigenvalue weighted by Crippen LogP contribution is -2.36. The number of nitrogens with two attached hydrogens (primary N) is 1. The third-order valence-electron chi connectivity index (χ3n) is 10.2. The molecule has 3 N–H and O–H groups in total. The van der Waals surface area contributed by atoms with Gasteiger partial charge in [-0.3, -0.25) is 4.90 Å². The van der Waals surface area contributed by atoms with Crippen LogP contribution in [0.5, 0.6) is 23.0 Å². The highest BCUT2D eigenvalue weighted by atomic mass is 16.5. The molecule has 0 aliphatic heterocycles. The van der Waals surface area contributed by atoms with Gasteiger partial charge in [0.05, 0.1) is 5.69 Å². The minimum absolute atomic E-state index is 0.0820. The van der Waals surface area contributed by atoms with Crippen molar-refractivity contribution >= 4 is 5.69 Å². The molecule has 0 fully saturated rings. The maximum atomic E-state index is 11.4. The molecule has 0 aliphatic rings. The van der Waals surface area contributed by atoms with E-state index < -0.39 is 6.10 Å². The van der Waals surface area contributed by atoms with E-state index in [0.29, 0.717) is 50.1 Å². The molecule has 0 spiro atoms. The van der Waals surface area contributed by atoms with Crippen LogP contribution in [-0.2, 0) is 26.4 Å². The SMILES string of the molecule is Nc1cc(OC[C@@H](O)CN(CCC(c2ccc(OCc3ccccc3)cc2)c2ccc(OCc3ccccc3)cc2)Cc2ccccc2)ccc1OCc1ccccc1. The minimum atomic E-state index is -0.741. The number of ether oxygens (including phenoxy) is 4. The van der Waals surface area contributed by atoms with Gasteiger partial charge in [0.25, 0.3) is 0 Å². The van der Waals surface area contributed by atoms with Crippen molar-refractivity contribution in [1.82, 2.24) is 4.90 Å². The van der Waals surface area contributed by atoms with E-state index in [4.69, 9.17) is 24.7 Å². The van der Waals surface area contributed by atoms with Crippen LogP contribution in [0, 0.1) is 0 Å². The van der Waals surface area contributed by atoms with Crippen molar-refractivity contribution < 1.29 is 24.1 Å². The number of nitrogens with zero attached hydrogens (tertiary/aromatic N) is 1. The van der Waals surface area contributed by atoms with Gasteiger partial charge in [-0.1, -0.05) is 146 Å². The molecule has 0 amide bonds. The summed E-state index contributed by atoms with van der Waals surface area (Å²) in [5, 5.41) is 11.4. The molecular formula is C52H52N2O5. The lowest BCUT2D eigenvalue weighted by atomic mass is 9.88. The fraction of sp³-hybridized carbons (Fsp3) is 0.192. The maximum Gasteiger partial charge on any atom is 0.142 e. The van der Waals surface area contributed by atoms with Crippen molar-refractivity contribution in [2.75, 3.05) is 25.4 Å². The molecule has 0 heterocycles. The fourth-order valence-electron chi connectivity index (χ4n) is 7.01. The van der Waals surface area contributed by atoms with Crippen LogP contribution in [0.4, 0.5) is 5.69 Å². The van der Waals surface area contributed by atoms with E-state index in [1.54, 1.807) is 6.07 Å². The Morgan fingerprint density at radius 1 is 0.475 bits per heavy atom. The number of nitrogen functional groups attached to an aromatic ring is 1. The van der Waals surface area contributed by atoms with Crippen LogP contribution in [0.25, 0.3) is 0 Å². The first-order valence-corrected chi connectivity index (χ1v) is 20.2. The van der Waals surface area contributed by atoms with Crippen molar-refractivity contribution in [1.29, 1.82) is 0 Å². The van der Waals surface area contributed by atoms with Crippen molar-refractivity contribution in [2.24, 2.45) is 0 Å². The monoisotopic (exact) mass is 784 g/mol. The quantitative estimate of drug-likeness (QED) is 0.0702. The summed E-state index contributed by atoms with van der Waals surface area (Å²) >= 11 is 0. The molecule has 0 aliphatic carbocycles. The molecule has 59 heavy (non-hydrogen) atoms. The number of aliphatic hydroxyl groups is 1. The van der Waals surface area contributed by atoms with E-state index in [0.717, 1.165) is 41.2 Å². The van der Waals surface area contributed by atoms with Gasteiger partial charge >= 0.3 is 0 Å². The average molecular weight is 785 g/mol. The van der Waals surface area contributed by atoms with Crippen LogP contribution in [-0.4, -0.2) is 35.8 Å². The van der Waals surface area contributed by atoms with Gasteiger partial charge in [0.15, 0.2) is 0 Å². The molecular weight excluding hydrogens is 733 g/mol. The lowest BCUT2D eigenvalue weighted by Gasteiger charge is -2.28. The molecule has 0 saturated carbocycles. The van der Waals surface area contributed by atoms with Crippen molar-refractivity contribution in [3.05, 3.63) is 221 Å². The topological polar surface area (TPSA) is 86.4 Å². The van der Waals surface area contributed by atoms with E-state index in [-0.39, 0.29) is 12.5 Å². The number of hydrogen-bond donors (Lipinski definition) is 2. The number of rotatable bonds is 21. The Balaban J connectivity index is 1.02. The van der Waals surface area contributed by atoms with Crippen LogP contribution in [0.3, 0.4) is 0 Å². The Bertz CT molecular complexity index is 2170. The summed E-state index contributed by atoms with van der Waals surface area (Å²) in [6.45, 7) is 3.40. The molecule has 7 nitrogen and oxygen atoms in total. The molecule has 0 radical (unpaired) electrons. The predicted molar refractivity (Wildman–Crippen MR) is 236 cm³/mol. The standard InChI is InChI=1S/C52H52N2O5/c53-51-33-49(29-30-52(51)59-38-43-19-11-4-12-20-43)58-39-46(55)35-54(34-40-13-5-1-6-14-40)32-31-50(44-21-25-47(26-22-44)56-36-41-15-7-2-8-16-41)45-23-27-48(28-24-45)57-37-42-17-9-3-10-18-42/h1-30,33,46,50,55H,31-32,34-39,53H2/t46-/m0/s1. The summed E-state index contributed by atoms with van der Waals surface area (Å²) in [7, 11) is 0. The van der Waals surface area contributed by atoms with Gasteiger partial charge in [0.1, 0.15) is 55.5 Å². The highest BCUT2D eigenvalue weighted by Gasteiger charge is 2.20. The Kier molecular flexibility index (Phi) is 14.7. The number of anilines is 1. The average Bonchev–Trinajstić information content (AvgIpc) is 3.29. The minimum Gasteiger partial charge on any atom is -0.491 e. The van der Waals surface area contributed by atoms with E-state index in [9.17, 15) is 5.11 Å². The van der Waals surface area contributed by atoms with Gasteiger partial charge in [0, 0.05) is 25.1 Å². The molecule has 0 saturated heterocycles. The summed E-state index contributed by atoms with van der Waals surface area (Å²) in [5.41, 5.74) is 13.7. The molecule has 0 bridgehead atoms. The Morgan fingerprint density at radius 3 is 1.39 bits per heavy atom. The molecule has 7 heteroatoms. The first-order chi connectivity index (χ1) is 29.0. The fourth-order valence-corrected chi connectivity index (χ4v) is 7.01. The van der Waals surface area contributed by atoms with Crippen LogP contribution >= 0.6 is 0 Å². The largest absolute Gasteiger partial charge is 0.491 e. The van der Waals surface area contributed by atoms with E-state index in [1.165, 1.54) is 16.7 Å². The molecule has 300 valence electrons. The zero-order valence-electron chi connectivity index (χ0n) is 33.3. The first kappa shape index (κ1) is 40.6. The molecule has 7 rings (SSSR count). The predicted octanol–water partition coefficient (Wildman–Crippen LogP) is 10.5. The van der Waals surface area contributed by atoms with Gasteiger partial charge in [0.2, 0.25) is 0 Å². The Hall–Kier alpha value is -6.54. The van der Waals surface area contributed by atoms with Gasteiger partial charge in [-0.15, -0.1) is 0 Å². The molecule has 7 aromatic carbocycles. The number of benzene rings is 7. The summed E-state index contributed by atoms with van der Waals surface area (Å²) < 4.78 is 24.3. The molecule has 1 atom stereocenters. The smallest absolute Gasteiger partial charge is 0.142 e. The van der Waals surface area contributed by atoms with Crippen molar-refractivity contribution in [3.63, 3.8) is 0 Å². The van der Waals surface area contributed by atoms with Crippen molar-refractivity contribution in [3.8, 4) is 23.0 Å². The highest BCUT2D eigenvalue weighted by Crippen LogP contribution is 2.32. The summed E-state index contributed by atoms with van der Waals surface area (Å²) in [5.74, 6) is 2.90. The summed E-state index contributed by atoms with van der Waals surface area (Å²) in [6.07, 6.45) is 0.0741. The van der Waals surface area contributed by atoms with Crippen LogP contribution < -0.4 is 24.7 Å². The summed E-state index contributed by atoms with van der Waals surface area (Å²) in [4.78, 5) is 2.31. The second-order valence-corrected chi connectivity index (χ2v) is 14.7. The van der Waals surface area contributed by atoms with Gasteiger partial charge in [-0.25, -0.2) is 0 Å². The third-order valence-corrected chi connectivity index (χ3v) is 10.2. The van der Waals surface area contributed by atoms with Gasteiger partial charge < -0.3 is 29.8 Å².